The molecule has 144 valence electrons. The molecule has 2 aromatic rings. The van der Waals surface area contributed by atoms with Crippen LogP contribution in [0.15, 0.2) is 55.1 Å². The number of amides is 1. The molecule has 0 unspecified atom stereocenters. The van der Waals surface area contributed by atoms with Gasteiger partial charge < -0.3 is 15.5 Å². The number of benzene rings is 2. The van der Waals surface area contributed by atoms with Crippen LogP contribution in [0.25, 0.3) is 5.70 Å². The van der Waals surface area contributed by atoms with Crippen molar-refractivity contribution >= 4 is 23.0 Å². The lowest BCUT2D eigenvalue weighted by molar-refractivity contribution is -0.116. The van der Waals surface area contributed by atoms with Gasteiger partial charge in [-0.1, -0.05) is 37.3 Å². The highest BCUT2D eigenvalue weighted by molar-refractivity contribution is 5.90. The van der Waals surface area contributed by atoms with Crippen LogP contribution in [-0.2, 0) is 4.79 Å². The number of carbonyl (C=O) groups excluding carboxylic acids is 1. The molecule has 4 nitrogen and oxygen atoms in total. The third kappa shape index (κ3) is 6.81. The SMILES string of the molecule is C=C(NCCCCCC(=O)Nc1ccc(N(C)C)cc1)c1ccccc1C. The summed E-state index contributed by atoms with van der Waals surface area (Å²) in [5.41, 5.74) is 5.32. The molecule has 0 aliphatic carbocycles. The van der Waals surface area contributed by atoms with E-state index >= 15 is 0 Å². The Labute approximate surface area is 163 Å². The van der Waals surface area contributed by atoms with Gasteiger partial charge in [0.25, 0.3) is 0 Å². The van der Waals surface area contributed by atoms with Gasteiger partial charge in [-0.25, -0.2) is 0 Å². The molecular formula is C23H31N3O. The number of hydrogen-bond acceptors (Lipinski definition) is 3. The summed E-state index contributed by atoms with van der Waals surface area (Å²) in [6.45, 7) is 7.09. The van der Waals surface area contributed by atoms with Gasteiger partial charge in [0.2, 0.25) is 5.91 Å². The van der Waals surface area contributed by atoms with Gasteiger partial charge in [-0.05, 0) is 55.2 Å². The predicted molar refractivity (Wildman–Crippen MR) is 116 cm³/mol. The van der Waals surface area contributed by atoms with E-state index in [-0.39, 0.29) is 5.91 Å². The third-order valence-electron chi connectivity index (χ3n) is 4.56. The Morgan fingerprint density at radius 1 is 1.00 bits per heavy atom. The van der Waals surface area contributed by atoms with Crippen molar-refractivity contribution in [2.45, 2.75) is 32.6 Å². The van der Waals surface area contributed by atoms with E-state index < -0.39 is 0 Å². The highest BCUT2D eigenvalue weighted by Gasteiger charge is 2.04. The Morgan fingerprint density at radius 2 is 1.70 bits per heavy atom. The summed E-state index contributed by atoms with van der Waals surface area (Å²) in [6.07, 6.45) is 3.48. The molecule has 0 atom stereocenters. The molecule has 0 bridgehead atoms. The molecule has 0 saturated carbocycles. The average Bonchev–Trinajstić information content (AvgIpc) is 2.65. The van der Waals surface area contributed by atoms with E-state index in [1.807, 2.05) is 55.4 Å². The van der Waals surface area contributed by atoms with Gasteiger partial charge in [-0.3, -0.25) is 4.79 Å². The molecule has 4 heteroatoms. The standard InChI is InChI=1S/C23H31N3O/c1-18-10-7-8-11-22(18)19(2)24-17-9-5-6-12-23(27)25-20-13-15-21(16-14-20)26(3)4/h7-8,10-11,13-16,24H,2,5-6,9,12,17H2,1,3-4H3,(H,25,27). The first-order valence-corrected chi connectivity index (χ1v) is 9.53. The van der Waals surface area contributed by atoms with Crippen LogP contribution in [0.5, 0.6) is 0 Å². The van der Waals surface area contributed by atoms with E-state index in [4.69, 9.17) is 0 Å². The maximum Gasteiger partial charge on any atom is 0.224 e. The highest BCUT2D eigenvalue weighted by atomic mass is 16.1. The van der Waals surface area contributed by atoms with E-state index in [0.29, 0.717) is 6.42 Å². The Morgan fingerprint density at radius 3 is 2.37 bits per heavy atom. The van der Waals surface area contributed by atoms with E-state index in [1.165, 1.54) is 5.56 Å². The number of aryl methyl sites for hydroxylation is 1. The van der Waals surface area contributed by atoms with Crippen LogP contribution < -0.4 is 15.5 Å². The maximum absolute atomic E-state index is 12.0. The minimum atomic E-state index is 0.0740. The number of nitrogens with zero attached hydrogens (tertiary/aromatic N) is 1. The Kier molecular flexibility index (Phi) is 7.93. The van der Waals surface area contributed by atoms with Crippen molar-refractivity contribution in [1.29, 1.82) is 0 Å². The van der Waals surface area contributed by atoms with Crippen LogP contribution >= 0.6 is 0 Å². The fourth-order valence-corrected chi connectivity index (χ4v) is 2.90. The molecule has 0 saturated heterocycles. The number of rotatable bonds is 10. The average molecular weight is 366 g/mol. The summed E-state index contributed by atoms with van der Waals surface area (Å²) in [7, 11) is 4.00. The summed E-state index contributed by atoms with van der Waals surface area (Å²) < 4.78 is 0. The highest BCUT2D eigenvalue weighted by Crippen LogP contribution is 2.16. The van der Waals surface area contributed by atoms with Crippen molar-refractivity contribution in [3.05, 3.63) is 66.2 Å². The first kappa shape index (κ1) is 20.6. The third-order valence-corrected chi connectivity index (χ3v) is 4.56. The van der Waals surface area contributed by atoms with Crippen LogP contribution in [0.4, 0.5) is 11.4 Å². The molecule has 0 aliphatic rings. The summed E-state index contributed by atoms with van der Waals surface area (Å²) >= 11 is 0. The van der Waals surface area contributed by atoms with Crippen molar-refractivity contribution in [3.8, 4) is 0 Å². The molecular weight excluding hydrogens is 334 g/mol. The normalized spacial score (nSPS) is 10.3. The molecule has 2 rings (SSSR count). The molecule has 1 amide bonds. The van der Waals surface area contributed by atoms with Crippen molar-refractivity contribution in [2.75, 3.05) is 30.9 Å². The fraction of sp³-hybridized carbons (Fsp3) is 0.348. The Bertz CT molecular complexity index is 750. The van der Waals surface area contributed by atoms with Gasteiger partial charge >= 0.3 is 0 Å². The minimum Gasteiger partial charge on any atom is -0.385 e. The smallest absolute Gasteiger partial charge is 0.224 e. The van der Waals surface area contributed by atoms with Crippen LogP contribution in [0.1, 0.15) is 36.8 Å². The lowest BCUT2D eigenvalue weighted by Gasteiger charge is -2.13. The monoisotopic (exact) mass is 365 g/mol. The number of carbonyl (C=O) groups is 1. The van der Waals surface area contributed by atoms with E-state index in [1.54, 1.807) is 0 Å². The molecule has 0 aromatic heterocycles. The largest absolute Gasteiger partial charge is 0.385 e. The van der Waals surface area contributed by atoms with Crippen LogP contribution in [0, 0.1) is 6.92 Å². The van der Waals surface area contributed by atoms with Crippen LogP contribution in [0.2, 0.25) is 0 Å². The lowest BCUT2D eigenvalue weighted by Crippen LogP contribution is -2.14. The zero-order valence-electron chi connectivity index (χ0n) is 16.7. The first-order valence-electron chi connectivity index (χ1n) is 9.53. The van der Waals surface area contributed by atoms with E-state index in [0.717, 1.165) is 48.4 Å². The van der Waals surface area contributed by atoms with Gasteiger partial charge in [0, 0.05) is 44.1 Å². The second kappa shape index (κ2) is 10.4. The molecule has 2 aromatic carbocycles. The van der Waals surface area contributed by atoms with Crippen molar-refractivity contribution in [2.24, 2.45) is 0 Å². The molecule has 0 spiro atoms. The molecule has 0 aliphatic heterocycles. The summed E-state index contributed by atoms with van der Waals surface area (Å²) in [5.74, 6) is 0.0740. The predicted octanol–water partition coefficient (Wildman–Crippen LogP) is 4.82. The lowest BCUT2D eigenvalue weighted by atomic mass is 10.1. The van der Waals surface area contributed by atoms with Crippen LogP contribution in [-0.4, -0.2) is 26.5 Å². The first-order chi connectivity index (χ1) is 13.0. The summed E-state index contributed by atoms with van der Waals surface area (Å²) in [4.78, 5) is 14.1. The zero-order chi connectivity index (χ0) is 19.6. The fourth-order valence-electron chi connectivity index (χ4n) is 2.90. The maximum atomic E-state index is 12.0. The molecule has 0 fully saturated rings. The molecule has 0 radical (unpaired) electrons. The topological polar surface area (TPSA) is 44.4 Å². The quantitative estimate of drug-likeness (QED) is 0.593. The Balaban J connectivity index is 1.60. The van der Waals surface area contributed by atoms with E-state index in [9.17, 15) is 4.79 Å². The van der Waals surface area contributed by atoms with Gasteiger partial charge in [-0.2, -0.15) is 0 Å². The van der Waals surface area contributed by atoms with Gasteiger partial charge in [0.1, 0.15) is 0 Å². The summed E-state index contributed by atoms with van der Waals surface area (Å²) in [5, 5.41) is 6.34. The second-order valence-electron chi connectivity index (χ2n) is 7.02. The number of nitrogens with one attached hydrogen (secondary N) is 2. The van der Waals surface area contributed by atoms with Crippen LogP contribution in [0.3, 0.4) is 0 Å². The van der Waals surface area contributed by atoms with Crippen molar-refractivity contribution in [1.82, 2.24) is 5.32 Å². The van der Waals surface area contributed by atoms with Gasteiger partial charge in [0.05, 0.1) is 0 Å². The van der Waals surface area contributed by atoms with Gasteiger partial charge in [-0.15, -0.1) is 0 Å². The van der Waals surface area contributed by atoms with Crippen molar-refractivity contribution in [3.63, 3.8) is 0 Å². The van der Waals surface area contributed by atoms with Crippen molar-refractivity contribution < 1.29 is 4.79 Å². The minimum absolute atomic E-state index is 0.0740. The molecule has 2 N–H and O–H groups in total. The zero-order valence-corrected chi connectivity index (χ0v) is 16.7. The van der Waals surface area contributed by atoms with Gasteiger partial charge in [0.15, 0.2) is 0 Å². The number of anilines is 2. The number of unbranched alkanes of at least 4 members (excludes halogenated alkanes) is 2. The molecule has 0 heterocycles. The Hall–Kier alpha value is -2.75. The van der Waals surface area contributed by atoms with E-state index in [2.05, 4.69) is 36.3 Å². The summed E-state index contributed by atoms with van der Waals surface area (Å²) in [6, 6.07) is 16.1. The second-order valence-corrected chi connectivity index (χ2v) is 7.02. The number of hydrogen-bond donors (Lipinski definition) is 2. The molecule has 27 heavy (non-hydrogen) atoms.